The number of ether oxygens (including phenoxy) is 3. The minimum Gasteiger partial charge on any atom is -0.443 e. The first kappa shape index (κ1) is 29.3. The number of thioether (sulfide) groups is 1. The fourth-order valence-electron chi connectivity index (χ4n) is 9.33. The normalized spacial score (nSPS) is 39.4. The molecule has 1 spiro atoms. The number of hydrogen-bond donors (Lipinski definition) is 4. The minimum absolute atomic E-state index is 0.0649. The summed E-state index contributed by atoms with van der Waals surface area (Å²) in [6, 6.07) is 7.80. The predicted molar refractivity (Wildman–Crippen MR) is 163 cm³/mol. The first-order chi connectivity index (χ1) is 20.3. The Morgan fingerprint density at radius 3 is 2.74 bits per heavy atom. The van der Waals surface area contributed by atoms with E-state index in [0.717, 1.165) is 23.4 Å². The molecule has 2 bridgehead atoms. The van der Waals surface area contributed by atoms with Crippen molar-refractivity contribution in [2.24, 2.45) is 11.3 Å². The lowest BCUT2D eigenvalue weighted by molar-refractivity contribution is -0.273. The fraction of sp³-hybridized carbons (Fsp3) is 0.636. The van der Waals surface area contributed by atoms with E-state index in [0.29, 0.717) is 31.3 Å². The van der Waals surface area contributed by atoms with Gasteiger partial charge in [-0.3, -0.25) is 4.79 Å². The molecule has 2 aliphatic heterocycles. The van der Waals surface area contributed by atoms with Crippen LogP contribution in [0, 0.1) is 11.3 Å². The SMILES string of the molecule is CSCC[C@H](CO)NC(=O)O[C@H]1C[C@H]2Cc3c([nH]c4ccccc34)[C@]2(C)[C@@]2(C)CC[C@@]34O[C@@H](C(=O)C=C3[C@]12O)C(C)(C)O4. The van der Waals surface area contributed by atoms with Crippen LogP contribution in [0.15, 0.2) is 35.9 Å². The third-order valence-corrected chi connectivity index (χ3v) is 12.3. The van der Waals surface area contributed by atoms with Gasteiger partial charge in [-0.2, -0.15) is 11.8 Å². The molecule has 2 saturated carbocycles. The molecule has 8 atom stereocenters. The van der Waals surface area contributed by atoms with Crippen LogP contribution in [0.3, 0.4) is 0 Å². The summed E-state index contributed by atoms with van der Waals surface area (Å²) in [5, 5.41) is 27.2. The van der Waals surface area contributed by atoms with E-state index in [1.165, 1.54) is 17.0 Å². The van der Waals surface area contributed by atoms with Crippen LogP contribution in [0.2, 0.25) is 0 Å². The molecule has 3 fully saturated rings. The number of alkyl carbamates (subject to hydrolysis) is 1. The highest BCUT2D eigenvalue weighted by atomic mass is 32.2. The molecule has 9 nitrogen and oxygen atoms in total. The van der Waals surface area contributed by atoms with Crippen LogP contribution in [0.25, 0.3) is 10.9 Å². The van der Waals surface area contributed by atoms with Gasteiger partial charge in [0.15, 0.2) is 17.7 Å². The molecule has 2 aromatic rings. The van der Waals surface area contributed by atoms with Crippen LogP contribution >= 0.6 is 11.8 Å². The Kier molecular flexibility index (Phi) is 6.53. The second kappa shape index (κ2) is 9.57. The summed E-state index contributed by atoms with van der Waals surface area (Å²) in [5.74, 6) is -0.705. The van der Waals surface area contributed by atoms with Gasteiger partial charge in [-0.15, -0.1) is 0 Å². The van der Waals surface area contributed by atoms with Crippen molar-refractivity contribution in [2.45, 2.75) is 100 Å². The quantitative estimate of drug-likeness (QED) is 0.384. The molecule has 43 heavy (non-hydrogen) atoms. The highest BCUT2D eigenvalue weighted by Crippen LogP contribution is 2.72. The van der Waals surface area contributed by atoms with Crippen molar-refractivity contribution in [3.05, 3.63) is 47.2 Å². The number of amides is 1. The smallest absolute Gasteiger partial charge is 0.407 e. The number of aromatic nitrogens is 1. The second-order valence-corrected chi connectivity index (χ2v) is 15.1. The Bertz CT molecular complexity index is 1540. The van der Waals surface area contributed by atoms with Gasteiger partial charge in [0, 0.05) is 39.4 Å². The van der Waals surface area contributed by atoms with Crippen LogP contribution < -0.4 is 5.32 Å². The zero-order chi connectivity index (χ0) is 30.6. The zero-order valence-corrected chi connectivity index (χ0v) is 26.3. The number of ketones is 1. The van der Waals surface area contributed by atoms with Crippen molar-refractivity contribution in [3.63, 3.8) is 0 Å². The average Bonchev–Trinajstić information content (AvgIpc) is 3.55. The number of benzene rings is 1. The van der Waals surface area contributed by atoms with Gasteiger partial charge in [-0.05, 0) is 75.2 Å². The minimum atomic E-state index is -1.78. The molecule has 1 amide bonds. The number of hydrogen-bond acceptors (Lipinski definition) is 8. The van der Waals surface area contributed by atoms with Crippen molar-refractivity contribution >= 4 is 34.5 Å². The lowest BCUT2D eigenvalue weighted by Crippen LogP contribution is -2.75. The van der Waals surface area contributed by atoms with Crippen LogP contribution in [0.1, 0.15) is 64.6 Å². The van der Waals surface area contributed by atoms with Crippen LogP contribution in [0.5, 0.6) is 0 Å². The summed E-state index contributed by atoms with van der Waals surface area (Å²) in [4.78, 5) is 30.7. The summed E-state index contributed by atoms with van der Waals surface area (Å²) in [7, 11) is 0. The summed E-state index contributed by atoms with van der Waals surface area (Å²) in [5.41, 5.74) is -0.303. The van der Waals surface area contributed by atoms with Gasteiger partial charge in [0.2, 0.25) is 0 Å². The Morgan fingerprint density at radius 1 is 1.23 bits per heavy atom. The van der Waals surface area contributed by atoms with Crippen LogP contribution in [0.4, 0.5) is 4.79 Å². The van der Waals surface area contributed by atoms with Crippen molar-refractivity contribution < 1.29 is 34.0 Å². The Morgan fingerprint density at radius 2 is 2.00 bits per heavy atom. The number of fused-ring (bicyclic) bond motifs is 9. The number of rotatable bonds is 6. The van der Waals surface area contributed by atoms with E-state index in [4.69, 9.17) is 14.2 Å². The molecule has 1 saturated heterocycles. The Labute approximate surface area is 256 Å². The van der Waals surface area contributed by atoms with Crippen molar-refractivity contribution in [3.8, 4) is 0 Å². The lowest BCUT2D eigenvalue weighted by atomic mass is 9.41. The van der Waals surface area contributed by atoms with E-state index in [2.05, 4.69) is 36.3 Å². The maximum Gasteiger partial charge on any atom is 0.407 e. The number of para-hydroxylation sites is 1. The first-order valence-electron chi connectivity index (χ1n) is 15.4. The summed E-state index contributed by atoms with van der Waals surface area (Å²) in [6.45, 7) is 7.77. The van der Waals surface area contributed by atoms with E-state index >= 15 is 0 Å². The van der Waals surface area contributed by atoms with E-state index in [1.807, 2.05) is 32.2 Å². The van der Waals surface area contributed by atoms with Crippen molar-refractivity contribution in [1.29, 1.82) is 0 Å². The molecule has 3 heterocycles. The molecule has 3 aliphatic carbocycles. The summed E-state index contributed by atoms with van der Waals surface area (Å²) < 4.78 is 19.2. The Hall–Kier alpha value is -2.37. The number of aromatic amines is 1. The number of aliphatic hydroxyl groups excluding tert-OH is 1. The number of nitrogens with one attached hydrogen (secondary N) is 2. The highest BCUT2D eigenvalue weighted by Gasteiger charge is 2.78. The number of H-pyrrole nitrogens is 1. The summed E-state index contributed by atoms with van der Waals surface area (Å²) in [6.07, 6.45) is 3.78. The molecule has 232 valence electrons. The van der Waals surface area contributed by atoms with E-state index in [-0.39, 0.29) is 18.3 Å². The molecule has 1 aromatic carbocycles. The van der Waals surface area contributed by atoms with E-state index < -0.39 is 52.2 Å². The number of aliphatic hydroxyl groups is 2. The third kappa shape index (κ3) is 3.73. The van der Waals surface area contributed by atoms with Gasteiger partial charge in [0.1, 0.15) is 17.3 Å². The van der Waals surface area contributed by atoms with E-state index in [9.17, 15) is 19.8 Å². The standard InChI is InChI=1S/C33H42N2O7S/c1-29(2)27-23(37)16-24-32(41-27,42-29)12-11-30(3)31(4)18(14-21-20-8-6-7-9-22(20)35-26(21)31)15-25(33(24,30)39)40-28(38)34-19(17-36)10-13-43-5/h6-9,16,18-19,25,27,35-36,39H,10-15,17H2,1-5H3,(H,34,38)/t18-,19-,25+,27+,30-,31-,32+,33+/m1/s1. The maximum absolute atomic E-state index is 13.5. The Balaban J connectivity index is 1.35. The largest absolute Gasteiger partial charge is 0.443 e. The van der Waals surface area contributed by atoms with Gasteiger partial charge < -0.3 is 34.7 Å². The van der Waals surface area contributed by atoms with Crippen molar-refractivity contribution in [2.75, 3.05) is 18.6 Å². The van der Waals surface area contributed by atoms with Gasteiger partial charge in [0.25, 0.3) is 0 Å². The molecular weight excluding hydrogens is 568 g/mol. The molecule has 10 heteroatoms. The maximum atomic E-state index is 13.5. The van der Waals surface area contributed by atoms with E-state index in [1.54, 1.807) is 11.8 Å². The molecule has 7 rings (SSSR count). The van der Waals surface area contributed by atoms with Gasteiger partial charge >= 0.3 is 6.09 Å². The summed E-state index contributed by atoms with van der Waals surface area (Å²) >= 11 is 1.63. The van der Waals surface area contributed by atoms with Crippen LogP contribution in [-0.2, 0) is 30.8 Å². The van der Waals surface area contributed by atoms with Crippen molar-refractivity contribution in [1.82, 2.24) is 10.3 Å². The molecule has 0 unspecified atom stereocenters. The lowest BCUT2D eigenvalue weighted by Gasteiger charge is -2.67. The topological polar surface area (TPSA) is 130 Å². The molecule has 0 radical (unpaired) electrons. The number of carbonyl (C=O) groups is 2. The molecule has 5 aliphatic rings. The van der Waals surface area contributed by atoms with Gasteiger partial charge in [0.05, 0.1) is 12.6 Å². The second-order valence-electron chi connectivity index (χ2n) is 14.1. The van der Waals surface area contributed by atoms with Gasteiger partial charge in [-0.25, -0.2) is 4.79 Å². The zero-order valence-electron chi connectivity index (χ0n) is 25.5. The highest BCUT2D eigenvalue weighted by molar-refractivity contribution is 7.98. The molecular formula is C33H42N2O7S. The molecule has 4 N–H and O–H groups in total. The van der Waals surface area contributed by atoms with Crippen LogP contribution in [-0.4, -0.2) is 80.9 Å². The third-order valence-electron chi connectivity index (χ3n) is 11.7. The number of carbonyl (C=O) groups excluding carboxylic acids is 2. The monoisotopic (exact) mass is 610 g/mol. The van der Waals surface area contributed by atoms with Gasteiger partial charge in [-0.1, -0.05) is 32.0 Å². The predicted octanol–water partition coefficient (Wildman–Crippen LogP) is 4.14. The molecule has 1 aromatic heterocycles. The average molecular weight is 611 g/mol. The fourth-order valence-corrected chi connectivity index (χ4v) is 9.85. The first-order valence-corrected chi connectivity index (χ1v) is 16.8.